The number of nitrogens with one attached hydrogen (secondary N) is 3. The van der Waals surface area contributed by atoms with Crippen molar-refractivity contribution in [3.63, 3.8) is 0 Å². The van der Waals surface area contributed by atoms with Crippen molar-refractivity contribution in [2.24, 2.45) is 0 Å². The van der Waals surface area contributed by atoms with Crippen LogP contribution in [0.5, 0.6) is 0 Å². The molecule has 0 aliphatic rings. The third kappa shape index (κ3) is 5.84. The zero-order valence-corrected chi connectivity index (χ0v) is 17.7. The summed E-state index contributed by atoms with van der Waals surface area (Å²) in [4.78, 5) is 24.9. The maximum atomic E-state index is 12.5. The van der Waals surface area contributed by atoms with Crippen molar-refractivity contribution in [3.05, 3.63) is 94.5 Å². The Balaban J connectivity index is 1.59. The van der Waals surface area contributed by atoms with Gasteiger partial charge < -0.3 is 16.0 Å². The van der Waals surface area contributed by atoms with E-state index in [0.29, 0.717) is 10.6 Å². The second kappa shape index (κ2) is 9.94. The summed E-state index contributed by atoms with van der Waals surface area (Å²) < 4.78 is 0. The third-order valence-electron chi connectivity index (χ3n) is 4.72. The van der Waals surface area contributed by atoms with Crippen LogP contribution in [-0.2, 0) is 4.79 Å². The van der Waals surface area contributed by atoms with Crippen molar-refractivity contribution in [2.75, 3.05) is 17.2 Å². The van der Waals surface area contributed by atoms with E-state index in [1.54, 1.807) is 24.3 Å². The fourth-order valence-electron chi connectivity index (χ4n) is 2.98. The monoisotopic (exact) mass is 421 g/mol. The Hall–Kier alpha value is -3.31. The summed E-state index contributed by atoms with van der Waals surface area (Å²) in [6.45, 7) is 3.94. The third-order valence-corrected chi connectivity index (χ3v) is 4.97. The molecule has 154 valence electrons. The number of amides is 2. The molecule has 0 aliphatic heterocycles. The quantitative estimate of drug-likeness (QED) is 0.491. The molecule has 30 heavy (non-hydrogen) atoms. The van der Waals surface area contributed by atoms with Gasteiger partial charge >= 0.3 is 0 Å². The first-order valence-electron chi connectivity index (χ1n) is 9.68. The van der Waals surface area contributed by atoms with Gasteiger partial charge in [-0.05, 0) is 61.4 Å². The van der Waals surface area contributed by atoms with E-state index in [-0.39, 0.29) is 24.4 Å². The number of carbonyl (C=O) groups excluding carboxylic acids is 2. The molecule has 0 fully saturated rings. The Labute approximate surface area is 181 Å². The molecule has 0 saturated heterocycles. The number of benzene rings is 3. The van der Waals surface area contributed by atoms with Gasteiger partial charge in [-0.3, -0.25) is 9.59 Å². The minimum atomic E-state index is -0.204. The SMILES string of the molecule is Cc1ccc(C(=O)Nc2ccccc2)cc1NCC(=O)NC(C)c1ccc(Cl)cc1. The van der Waals surface area contributed by atoms with Crippen LogP contribution in [0.2, 0.25) is 5.02 Å². The minimum absolute atomic E-state index is 0.0997. The molecule has 0 heterocycles. The smallest absolute Gasteiger partial charge is 0.255 e. The van der Waals surface area contributed by atoms with Gasteiger partial charge in [0.2, 0.25) is 5.91 Å². The molecule has 1 unspecified atom stereocenters. The molecule has 3 rings (SSSR count). The van der Waals surface area contributed by atoms with Crippen molar-refractivity contribution < 1.29 is 9.59 Å². The highest BCUT2D eigenvalue weighted by Crippen LogP contribution is 2.19. The van der Waals surface area contributed by atoms with Gasteiger partial charge in [-0.25, -0.2) is 0 Å². The molecule has 3 aromatic rings. The Morgan fingerprint density at radius 1 is 0.967 bits per heavy atom. The Kier molecular flexibility index (Phi) is 7.09. The van der Waals surface area contributed by atoms with E-state index in [1.807, 2.05) is 62.4 Å². The summed E-state index contributed by atoms with van der Waals surface area (Å²) >= 11 is 5.91. The lowest BCUT2D eigenvalue weighted by Crippen LogP contribution is -2.32. The summed E-state index contributed by atoms with van der Waals surface area (Å²) in [5.74, 6) is -0.346. The summed E-state index contributed by atoms with van der Waals surface area (Å²) in [6.07, 6.45) is 0. The van der Waals surface area contributed by atoms with E-state index in [4.69, 9.17) is 11.6 Å². The number of rotatable bonds is 7. The van der Waals surface area contributed by atoms with Gasteiger partial charge in [0.15, 0.2) is 0 Å². The van der Waals surface area contributed by atoms with Crippen molar-refractivity contribution >= 4 is 34.8 Å². The minimum Gasteiger partial charge on any atom is -0.376 e. The first-order valence-corrected chi connectivity index (χ1v) is 10.1. The van der Waals surface area contributed by atoms with Crippen molar-refractivity contribution in [2.45, 2.75) is 19.9 Å². The number of carbonyl (C=O) groups is 2. The molecular weight excluding hydrogens is 398 g/mol. The fourth-order valence-corrected chi connectivity index (χ4v) is 3.11. The first-order chi connectivity index (χ1) is 14.4. The molecule has 0 radical (unpaired) electrons. The van der Waals surface area contributed by atoms with Crippen LogP contribution >= 0.6 is 11.6 Å². The standard InChI is InChI=1S/C24H24ClN3O2/c1-16-8-9-19(24(30)28-21-6-4-3-5-7-21)14-22(16)26-15-23(29)27-17(2)18-10-12-20(25)13-11-18/h3-14,17,26H,15H2,1-2H3,(H,27,29)(H,28,30). The molecule has 3 N–H and O–H groups in total. The van der Waals surface area contributed by atoms with Gasteiger partial charge in [0.1, 0.15) is 0 Å². The topological polar surface area (TPSA) is 70.2 Å². The summed E-state index contributed by atoms with van der Waals surface area (Å²) in [6, 6.07) is 21.9. The van der Waals surface area contributed by atoms with E-state index in [1.165, 1.54) is 0 Å². The number of aryl methyl sites for hydroxylation is 1. The maximum Gasteiger partial charge on any atom is 0.255 e. The van der Waals surface area contributed by atoms with Gasteiger partial charge in [-0.2, -0.15) is 0 Å². The van der Waals surface area contributed by atoms with E-state index >= 15 is 0 Å². The highest BCUT2D eigenvalue weighted by molar-refractivity contribution is 6.30. The number of halogens is 1. The lowest BCUT2D eigenvalue weighted by Gasteiger charge is -2.16. The van der Waals surface area contributed by atoms with Crippen LogP contribution in [0.1, 0.15) is 34.5 Å². The average molecular weight is 422 g/mol. The van der Waals surface area contributed by atoms with E-state index < -0.39 is 0 Å². The normalized spacial score (nSPS) is 11.4. The van der Waals surface area contributed by atoms with Crippen LogP contribution in [0.25, 0.3) is 0 Å². The van der Waals surface area contributed by atoms with Crippen LogP contribution in [0.3, 0.4) is 0 Å². The molecular formula is C24H24ClN3O2. The molecule has 3 aromatic carbocycles. The van der Waals surface area contributed by atoms with Gasteiger partial charge in [0.25, 0.3) is 5.91 Å². The zero-order chi connectivity index (χ0) is 21.5. The van der Waals surface area contributed by atoms with Crippen molar-refractivity contribution in [3.8, 4) is 0 Å². The van der Waals surface area contributed by atoms with E-state index in [0.717, 1.165) is 22.5 Å². The maximum absolute atomic E-state index is 12.5. The van der Waals surface area contributed by atoms with Gasteiger partial charge in [-0.15, -0.1) is 0 Å². The first kappa shape index (κ1) is 21.4. The second-order valence-electron chi connectivity index (χ2n) is 7.04. The van der Waals surface area contributed by atoms with Crippen LogP contribution < -0.4 is 16.0 Å². The number of para-hydroxylation sites is 1. The zero-order valence-electron chi connectivity index (χ0n) is 16.9. The fraction of sp³-hybridized carbons (Fsp3) is 0.167. The average Bonchev–Trinajstić information content (AvgIpc) is 2.74. The summed E-state index contributed by atoms with van der Waals surface area (Å²) in [7, 11) is 0. The van der Waals surface area contributed by atoms with E-state index in [2.05, 4.69) is 16.0 Å². The molecule has 5 nitrogen and oxygen atoms in total. The highest BCUT2D eigenvalue weighted by atomic mass is 35.5. The van der Waals surface area contributed by atoms with E-state index in [9.17, 15) is 9.59 Å². The Morgan fingerprint density at radius 2 is 1.67 bits per heavy atom. The summed E-state index contributed by atoms with van der Waals surface area (Å²) in [5, 5.41) is 9.60. The molecule has 0 saturated carbocycles. The van der Waals surface area contributed by atoms with Gasteiger partial charge in [-0.1, -0.05) is 48.0 Å². The van der Waals surface area contributed by atoms with Crippen LogP contribution in [-0.4, -0.2) is 18.4 Å². The molecule has 6 heteroatoms. The molecule has 0 aromatic heterocycles. The molecule has 0 spiro atoms. The predicted octanol–water partition coefficient (Wildman–Crippen LogP) is 5.19. The van der Waals surface area contributed by atoms with Crippen LogP contribution in [0.15, 0.2) is 72.8 Å². The van der Waals surface area contributed by atoms with Crippen LogP contribution in [0, 0.1) is 6.92 Å². The highest BCUT2D eigenvalue weighted by Gasteiger charge is 2.12. The predicted molar refractivity (Wildman–Crippen MR) is 122 cm³/mol. The van der Waals surface area contributed by atoms with Gasteiger partial charge in [0, 0.05) is 22.0 Å². The number of hydrogen-bond donors (Lipinski definition) is 3. The molecule has 0 aliphatic carbocycles. The van der Waals surface area contributed by atoms with Gasteiger partial charge in [0.05, 0.1) is 12.6 Å². The molecule has 2 amide bonds. The van der Waals surface area contributed by atoms with Crippen molar-refractivity contribution in [1.82, 2.24) is 5.32 Å². The molecule has 0 bridgehead atoms. The lowest BCUT2D eigenvalue weighted by atomic mass is 10.1. The number of hydrogen-bond acceptors (Lipinski definition) is 3. The summed E-state index contributed by atoms with van der Waals surface area (Å²) in [5.41, 5.74) is 3.91. The Bertz CT molecular complexity index is 1020. The van der Waals surface area contributed by atoms with Crippen molar-refractivity contribution in [1.29, 1.82) is 0 Å². The largest absolute Gasteiger partial charge is 0.376 e. The number of anilines is 2. The molecule has 1 atom stereocenters. The lowest BCUT2D eigenvalue weighted by molar-refractivity contribution is -0.120. The van der Waals surface area contributed by atoms with Crippen LogP contribution in [0.4, 0.5) is 11.4 Å². The Morgan fingerprint density at radius 3 is 2.37 bits per heavy atom. The second-order valence-corrected chi connectivity index (χ2v) is 7.48.